The summed E-state index contributed by atoms with van der Waals surface area (Å²) in [6.45, 7) is 9.73. The third-order valence-electron chi connectivity index (χ3n) is 8.29. The Labute approximate surface area is 251 Å². The summed E-state index contributed by atoms with van der Waals surface area (Å²) in [7, 11) is 2.05. The highest BCUT2D eigenvalue weighted by molar-refractivity contribution is 5.70. The van der Waals surface area contributed by atoms with Crippen LogP contribution in [0.2, 0.25) is 0 Å². The molecule has 3 heterocycles. The molecule has 236 valence electrons. The van der Waals surface area contributed by atoms with Crippen molar-refractivity contribution >= 4 is 18.2 Å². The van der Waals surface area contributed by atoms with Crippen LogP contribution in [0.25, 0.3) is 0 Å². The standard InChI is InChI=1S/C32H51N3O7/c1-24(23-40-32(39)35-17-9-12-27(35)22-36)10-8-11-25(2)30-26(3)15-16-28(13-6-5-7-14-29(37)42-30)41-31(38)34-20-18-33(4)19-21-34/h8,10-11,15-16,24,26-28,30,36H,5-7,9,12-14,17-23H2,1-4H3/b10-8+,16-15+,25-11+/t24?,26-,27+,28+,30+/m0/s1. The van der Waals surface area contributed by atoms with Crippen molar-refractivity contribution in [3.8, 4) is 0 Å². The van der Waals surface area contributed by atoms with Crippen LogP contribution in [0, 0.1) is 11.8 Å². The highest BCUT2D eigenvalue weighted by Gasteiger charge is 2.29. The van der Waals surface area contributed by atoms with E-state index in [1.165, 1.54) is 0 Å². The molecule has 3 rings (SSSR count). The molecular formula is C32H51N3O7. The van der Waals surface area contributed by atoms with Gasteiger partial charge in [-0.05, 0) is 57.7 Å². The van der Waals surface area contributed by atoms with Crippen molar-refractivity contribution in [2.24, 2.45) is 11.8 Å². The summed E-state index contributed by atoms with van der Waals surface area (Å²) >= 11 is 0. The lowest BCUT2D eigenvalue weighted by Gasteiger charge is -2.32. The van der Waals surface area contributed by atoms with Crippen molar-refractivity contribution in [2.75, 3.05) is 53.0 Å². The van der Waals surface area contributed by atoms with Crippen LogP contribution in [-0.4, -0.2) is 109 Å². The van der Waals surface area contributed by atoms with Crippen molar-refractivity contribution in [3.63, 3.8) is 0 Å². The molecule has 0 saturated carbocycles. The van der Waals surface area contributed by atoms with Crippen LogP contribution in [-0.2, 0) is 19.0 Å². The number of ether oxygens (including phenoxy) is 3. The molecule has 2 saturated heterocycles. The molecule has 0 aromatic carbocycles. The van der Waals surface area contributed by atoms with Gasteiger partial charge in [-0.15, -0.1) is 0 Å². The van der Waals surface area contributed by atoms with Crippen molar-refractivity contribution in [1.82, 2.24) is 14.7 Å². The number of aliphatic hydroxyl groups excluding tert-OH is 1. The molecule has 0 aromatic rings. The van der Waals surface area contributed by atoms with Gasteiger partial charge in [-0.3, -0.25) is 4.79 Å². The Hall–Kier alpha value is -2.85. The molecular weight excluding hydrogens is 538 g/mol. The first-order valence-electron chi connectivity index (χ1n) is 15.6. The van der Waals surface area contributed by atoms with Crippen molar-refractivity contribution in [1.29, 1.82) is 0 Å². The maximum atomic E-state index is 12.8. The van der Waals surface area contributed by atoms with Gasteiger partial charge in [-0.1, -0.05) is 44.6 Å². The third-order valence-corrected chi connectivity index (χ3v) is 8.29. The summed E-state index contributed by atoms with van der Waals surface area (Å²) in [5.74, 6) is -0.347. The Morgan fingerprint density at radius 2 is 1.83 bits per heavy atom. The first-order chi connectivity index (χ1) is 20.2. The number of carbonyl (C=O) groups excluding carboxylic acids is 3. The molecule has 1 N–H and O–H groups in total. The zero-order valence-corrected chi connectivity index (χ0v) is 25.9. The predicted octanol–water partition coefficient (Wildman–Crippen LogP) is 4.54. The molecule has 0 bridgehead atoms. The first kappa shape index (κ1) is 33.6. The van der Waals surface area contributed by atoms with Crippen LogP contribution in [0.3, 0.4) is 0 Å². The van der Waals surface area contributed by atoms with Crippen LogP contribution < -0.4 is 0 Å². The number of piperazine rings is 1. The van der Waals surface area contributed by atoms with Gasteiger partial charge < -0.3 is 34.0 Å². The van der Waals surface area contributed by atoms with Crippen LogP contribution in [0.15, 0.2) is 36.0 Å². The number of rotatable bonds is 7. The van der Waals surface area contributed by atoms with E-state index in [0.29, 0.717) is 26.1 Å². The molecule has 0 radical (unpaired) electrons. The van der Waals surface area contributed by atoms with E-state index < -0.39 is 6.10 Å². The lowest BCUT2D eigenvalue weighted by Crippen LogP contribution is -2.47. The molecule has 0 aliphatic carbocycles. The molecule has 0 spiro atoms. The lowest BCUT2D eigenvalue weighted by atomic mass is 9.95. The summed E-state index contributed by atoms with van der Waals surface area (Å²) in [5.41, 5.74) is 0.895. The summed E-state index contributed by atoms with van der Waals surface area (Å²) < 4.78 is 17.3. The average molecular weight is 590 g/mol. The van der Waals surface area contributed by atoms with Gasteiger partial charge in [0.15, 0.2) is 0 Å². The fraction of sp³-hybridized carbons (Fsp3) is 0.719. The molecule has 42 heavy (non-hydrogen) atoms. The van der Waals surface area contributed by atoms with Crippen molar-refractivity contribution in [3.05, 3.63) is 36.0 Å². The fourth-order valence-corrected chi connectivity index (χ4v) is 5.49. The van der Waals surface area contributed by atoms with E-state index in [9.17, 15) is 19.5 Å². The van der Waals surface area contributed by atoms with Crippen LogP contribution in [0.5, 0.6) is 0 Å². The van der Waals surface area contributed by atoms with E-state index in [0.717, 1.165) is 57.2 Å². The second-order valence-electron chi connectivity index (χ2n) is 12.0. The number of hydrogen-bond donors (Lipinski definition) is 1. The van der Waals surface area contributed by atoms with Gasteiger partial charge in [-0.2, -0.15) is 0 Å². The van der Waals surface area contributed by atoms with Crippen LogP contribution in [0.1, 0.15) is 65.7 Å². The Bertz CT molecular complexity index is 973. The first-order valence-corrected chi connectivity index (χ1v) is 15.6. The summed E-state index contributed by atoms with van der Waals surface area (Å²) in [6, 6.07) is -0.155. The van der Waals surface area contributed by atoms with E-state index in [2.05, 4.69) is 11.9 Å². The summed E-state index contributed by atoms with van der Waals surface area (Å²) in [4.78, 5) is 43.4. The van der Waals surface area contributed by atoms with Crippen molar-refractivity contribution in [2.45, 2.75) is 84.0 Å². The quantitative estimate of drug-likeness (QED) is 0.200. The highest BCUT2D eigenvalue weighted by atomic mass is 16.6. The normalized spacial score (nSPS) is 28.5. The van der Waals surface area contributed by atoms with E-state index in [1.54, 1.807) is 9.80 Å². The monoisotopic (exact) mass is 589 g/mol. The zero-order chi connectivity index (χ0) is 30.5. The molecule has 5 atom stereocenters. The van der Waals surface area contributed by atoms with E-state index in [1.807, 2.05) is 51.2 Å². The van der Waals surface area contributed by atoms with E-state index in [-0.39, 0.29) is 55.4 Å². The van der Waals surface area contributed by atoms with E-state index >= 15 is 0 Å². The van der Waals surface area contributed by atoms with Gasteiger partial charge in [-0.25, -0.2) is 9.59 Å². The van der Waals surface area contributed by atoms with Gasteiger partial charge >= 0.3 is 18.2 Å². The number of likely N-dealkylation sites (tertiary alicyclic amines) is 1. The number of cyclic esters (lactones) is 1. The van der Waals surface area contributed by atoms with Gasteiger partial charge in [0.1, 0.15) is 12.2 Å². The molecule has 2 amide bonds. The summed E-state index contributed by atoms with van der Waals surface area (Å²) in [6.07, 6.45) is 13.5. The second-order valence-corrected chi connectivity index (χ2v) is 12.0. The number of likely N-dealkylation sites (N-methyl/N-ethyl adjacent to an activating group) is 1. The topological polar surface area (TPSA) is 109 Å². The third kappa shape index (κ3) is 10.8. The van der Waals surface area contributed by atoms with Crippen molar-refractivity contribution < 1.29 is 33.7 Å². The van der Waals surface area contributed by atoms with Crippen LogP contribution >= 0.6 is 0 Å². The molecule has 10 nitrogen and oxygen atoms in total. The van der Waals surface area contributed by atoms with E-state index in [4.69, 9.17) is 14.2 Å². The molecule has 1 unspecified atom stereocenters. The molecule has 10 heteroatoms. The van der Waals surface area contributed by atoms with Gasteiger partial charge in [0.2, 0.25) is 0 Å². The minimum Gasteiger partial charge on any atom is -0.457 e. The SMILES string of the molecule is C/C(=C\C=C\C(C)COC(=O)N1CCC[C@@H]1CO)[C@H]1OC(=O)CCCCC[C@@H](OC(=O)N2CCN(C)CC2)/C=C/[C@@H]1C. The average Bonchev–Trinajstić information content (AvgIpc) is 3.45. The zero-order valence-electron chi connectivity index (χ0n) is 25.9. The second kappa shape index (κ2) is 17.3. The summed E-state index contributed by atoms with van der Waals surface area (Å²) in [5, 5.41) is 9.44. The fourth-order valence-electron chi connectivity index (χ4n) is 5.49. The maximum Gasteiger partial charge on any atom is 0.410 e. The minimum atomic E-state index is -0.453. The Morgan fingerprint density at radius 1 is 1.07 bits per heavy atom. The number of carbonyl (C=O) groups is 3. The maximum absolute atomic E-state index is 12.8. The minimum absolute atomic E-state index is 0.0138. The number of esters is 1. The number of hydrogen-bond acceptors (Lipinski definition) is 8. The van der Waals surface area contributed by atoms with Crippen LogP contribution in [0.4, 0.5) is 9.59 Å². The largest absolute Gasteiger partial charge is 0.457 e. The Kier molecular flexibility index (Phi) is 13.9. The van der Waals surface area contributed by atoms with Gasteiger partial charge in [0.25, 0.3) is 0 Å². The smallest absolute Gasteiger partial charge is 0.410 e. The Morgan fingerprint density at radius 3 is 2.57 bits per heavy atom. The highest BCUT2D eigenvalue weighted by Crippen LogP contribution is 2.23. The number of nitrogens with zero attached hydrogens (tertiary/aromatic N) is 3. The number of allylic oxidation sites excluding steroid dienone is 2. The number of aliphatic hydroxyl groups is 1. The predicted molar refractivity (Wildman–Crippen MR) is 161 cm³/mol. The lowest BCUT2D eigenvalue weighted by molar-refractivity contribution is -0.148. The number of amides is 2. The molecule has 0 aromatic heterocycles. The van der Waals surface area contributed by atoms with Gasteiger partial charge in [0, 0.05) is 51.0 Å². The van der Waals surface area contributed by atoms with Gasteiger partial charge in [0.05, 0.1) is 19.3 Å². The molecule has 2 fully saturated rings. The Balaban J connectivity index is 1.59. The molecule has 3 aliphatic heterocycles. The molecule has 3 aliphatic rings.